The zero-order valence-electron chi connectivity index (χ0n) is 10.3. The fourth-order valence-corrected chi connectivity index (χ4v) is 1.83. The first-order chi connectivity index (χ1) is 9.13. The minimum Gasteiger partial charge on any atom is -0.493 e. The van der Waals surface area contributed by atoms with Crippen molar-refractivity contribution in [1.82, 2.24) is 9.36 Å². The van der Waals surface area contributed by atoms with Crippen LogP contribution in [0.2, 0.25) is 0 Å². The van der Waals surface area contributed by atoms with Crippen LogP contribution in [0.3, 0.4) is 0 Å². The molecule has 3 N–H and O–H groups in total. The lowest BCUT2D eigenvalue weighted by molar-refractivity contribution is 0.102. The zero-order chi connectivity index (χ0) is 13.8. The van der Waals surface area contributed by atoms with Crippen molar-refractivity contribution in [1.29, 1.82) is 0 Å². The van der Waals surface area contributed by atoms with Gasteiger partial charge in [0.1, 0.15) is 0 Å². The molecule has 19 heavy (non-hydrogen) atoms. The normalized spacial score (nSPS) is 10.0. The van der Waals surface area contributed by atoms with Gasteiger partial charge in [0.25, 0.3) is 5.91 Å². The largest absolute Gasteiger partial charge is 0.493 e. The Balaban J connectivity index is 2.19. The molecular weight excluding hydrogens is 268 g/mol. The maximum Gasteiger partial charge on any atom is 0.258 e. The van der Waals surface area contributed by atoms with Gasteiger partial charge in [-0.3, -0.25) is 10.1 Å². The molecule has 1 aromatic carbocycles. The van der Waals surface area contributed by atoms with E-state index in [2.05, 4.69) is 14.7 Å². The molecule has 8 heteroatoms. The zero-order valence-corrected chi connectivity index (χ0v) is 11.2. The predicted molar refractivity (Wildman–Crippen MR) is 71.8 cm³/mol. The van der Waals surface area contributed by atoms with Crippen LogP contribution in [-0.2, 0) is 0 Å². The van der Waals surface area contributed by atoms with Gasteiger partial charge in [-0.25, -0.2) is 0 Å². The van der Waals surface area contributed by atoms with E-state index in [1.807, 2.05) is 0 Å². The maximum atomic E-state index is 12.0. The molecule has 1 aromatic heterocycles. The van der Waals surface area contributed by atoms with E-state index in [4.69, 9.17) is 15.2 Å². The number of nitrogens with two attached hydrogens (primary N) is 1. The monoisotopic (exact) mass is 280 g/mol. The standard InChI is InChI=1S/C11H12N4O3S/c1-17-7-4-3-6(5-8(7)18-2)9(16)13-11-14-10(12)19-15-11/h3-5H,1-2H3,(H3,12,13,14,15,16). The molecule has 0 saturated heterocycles. The second kappa shape index (κ2) is 5.53. The topological polar surface area (TPSA) is 99.4 Å². The lowest BCUT2D eigenvalue weighted by atomic mass is 10.2. The first-order valence-corrected chi connectivity index (χ1v) is 6.04. The van der Waals surface area contributed by atoms with Crippen molar-refractivity contribution in [2.45, 2.75) is 0 Å². The highest BCUT2D eigenvalue weighted by Gasteiger charge is 2.12. The maximum absolute atomic E-state index is 12.0. The molecule has 0 aliphatic carbocycles. The Morgan fingerprint density at radius 2 is 2.05 bits per heavy atom. The van der Waals surface area contributed by atoms with E-state index in [0.717, 1.165) is 11.5 Å². The molecule has 0 aliphatic rings. The molecule has 0 atom stereocenters. The number of hydrogen-bond donors (Lipinski definition) is 2. The van der Waals surface area contributed by atoms with Crippen LogP contribution in [-0.4, -0.2) is 29.5 Å². The lowest BCUT2D eigenvalue weighted by Crippen LogP contribution is -2.13. The average molecular weight is 280 g/mol. The van der Waals surface area contributed by atoms with Crippen molar-refractivity contribution >= 4 is 28.5 Å². The van der Waals surface area contributed by atoms with Gasteiger partial charge in [0, 0.05) is 17.1 Å². The summed E-state index contributed by atoms with van der Waals surface area (Å²) in [6, 6.07) is 4.84. The predicted octanol–water partition coefficient (Wildman–Crippen LogP) is 1.39. The first kappa shape index (κ1) is 13.1. The van der Waals surface area contributed by atoms with Crippen LogP contribution in [0.15, 0.2) is 18.2 Å². The number of nitrogens with one attached hydrogen (secondary N) is 1. The number of hydrogen-bond acceptors (Lipinski definition) is 7. The minimum absolute atomic E-state index is 0.183. The van der Waals surface area contributed by atoms with Crippen molar-refractivity contribution < 1.29 is 14.3 Å². The summed E-state index contributed by atoms with van der Waals surface area (Å²) in [5.41, 5.74) is 5.84. The number of carbonyl (C=O) groups excluding carboxylic acids is 1. The van der Waals surface area contributed by atoms with Gasteiger partial charge >= 0.3 is 0 Å². The Bertz CT molecular complexity index is 599. The highest BCUT2D eigenvalue weighted by Crippen LogP contribution is 2.27. The van der Waals surface area contributed by atoms with Crippen LogP contribution in [0.5, 0.6) is 11.5 Å². The molecule has 0 fully saturated rings. The van der Waals surface area contributed by atoms with Gasteiger partial charge in [0.05, 0.1) is 14.2 Å². The van der Waals surface area contributed by atoms with E-state index in [1.54, 1.807) is 18.2 Å². The molecular formula is C11H12N4O3S. The van der Waals surface area contributed by atoms with Crippen molar-refractivity contribution in [3.63, 3.8) is 0 Å². The summed E-state index contributed by atoms with van der Waals surface area (Å²) in [6.45, 7) is 0. The third-order valence-corrected chi connectivity index (χ3v) is 2.86. The van der Waals surface area contributed by atoms with Crippen LogP contribution in [0.1, 0.15) is 10.4 Å². The number of nitrogens with zero attached hydrogens (tertiary/aromatic N) is 2. The second-order valence-corrected chi connectivity index (χ2v) is 4.26. The number of ether oxygens (including phenoxy) is 2. The molecule has 0 radical (unpaired) electrons. The summed E-state index contributed by atoms with van der Waals surface area (Å²) < 4.78 is 14.1. The van der Waals surface area contributed by atoms with Gasteiger partial charge in [-0.05, 0) is 18.2 Å². The quantitative estimate of drug-likeness (QED) is 0.878. The summed E-state index contributed by atoms with van der Waals surface area (Å²) in [5.74, 6) is 0.858. The van der Waals surface area contributed by atoms with Gasteiger partial charge in [-0.2, -0.15) is 9.36 Å². The summed E-state index contributed by atoms with van der Waals surface area (Å²) >= 11 is 1.01. The van der Waals surface area contributed by atoms with Crippen molar-refractivity contribution in [2.75, 3.05) is 25.3 Å². The third-order valence-electron chi connectivity index (χ3n) is 2.31. The van der Waals surface area contributed by atoms with Gasteiger partial charge in [0.2, 0.25) is 11.1 Å². The van der Waals surface area contributed by atoms with E-state index in [1.165, 1.54) is 14.2 Å². The van der Waals surface area contributed by atoms with Crippen LogP contribution in [0.4, 0.5) is 11.1 Å². The summed E-state index contributed by atoms with van der Waals surface area (Å²) in [5, 5.41) is 2.83. The highest BCUT2D eigenvalue weighted by molar-refractivity contribution is 7.09. The van der Waals surface area contributed by atoms with E-state index < -0.39 is 0 Å². The molecule has 7 nitrogen and oxygen atoms in total. The number of methoxy groups -OCH3 is 2. The second-order valence-electron chi connectivity index (χ2n) is 3.48. The number of carbonyl (C=O) groups is 1. The summed E-state index contributed by atoms with van der Waals surface area (Å²) in [6.07, 6.45) is 0. The molecule has 0 saturated carbocycles. The molecule has 0 aliphatic heterocycles. The number of nitrogen functional groups attached to an aromatic ring is 1. The molecule has 100 valence electrons. The lowest BCUT2D eigenvalue weighted by Gasteiger charge is -2.08. The van der Waals surface area contributed by atoms with Gasteiger partial charge in [-0.1, -0.05) is 0 Å². The number of rotatable bonds is 4. The number of benzene rings is 1. The van der Waals surface area contributed by atoms with E-state index in [-0.39, 0.29) is 11.9 Å². The molecule has 1 amide bonds. The van der Waals surface area contributed by atoms with Crippen molar-refractivity contribution in [3.8, 4) is 11.5 Å². The fraction of sp³-hybridized carbons (Fsp3) is 0.182. The Labute approximate surface area is 113 Å². The Kier molecular flexibility index (Phi) is 3.81. The van der Waals surface area contributed by atoms with E-state index in [0.29, 0.717) is 22.2 Å². The average Bonchev–Trinajstić information content (AvgIpc) is 2.83. The van der Waals surface area contributed by atoms with E-state index >= 15 is 0 Å². The van der Waals surface area contributed by atoms with Crippen molar-refractivity contribution in [2.24, 2.45) is 0 Å². The Hall–Kier alpha value is -2.35. The number of amides is 1. The third kappa shape index (κ3) is 2.91. The molecule has 0 spiro atoms. The molecule has 1 heterocycles. The Morgan fingerprint density at radius 3 is 2.63 bits per heavy atom. The number of anilines is 2. The van der Waals surface area contributed by atoms with Crippen LogP contribution in [0, 0.1) is 0 Å². The number of aromatic nitrogens is 2. The highest BCUT2D eigenvalue weighted by atomic mass is 32.1. The first-order valence-electron chi connectivity index (χ1n) is 5.26. The van der Waals surface area contributed by atoms with Crippen LogP contribution < -0.4 is 20.5 Å². The molecule has 0 bridgehead atoms. The van der Waals surface area contributed by atoms with Gasteiger partial charge in [0.15, 0.2) is 11.5 Å². The van der Waals surface area contributed by atoms with Crippen LogP contribution >= 0.6 is 11.5 Å². The Morgan fingerprint density at radius 1 is 1.32 bits per heavy atom. The summed E-state index contributed by atoms with van der Waals surface area (Å²) in [4.78, 5) is 15.8. The van der Waals surface area contributed by atoms with Gasteiger partial charge < -0.3 is 15.2 Å². The van der Waals surface area contributed by atoms with Crippen molar-refractivity contribution in [3.05, 3.63) is 23.8 Å². The van der Waals surface area contributed by atoms with Crippen LogP contribution in [0.25, 0.3) is 0 Å². The fourth-order valence-electron chi connectivity index (χ4n) is 1.44. The minimum atomic E-state index is -0.348. The summed E-state index contributed by atoms with van der Waals surface area (Å²) in [7, 11) is 3.03. The van der Waals surface area contributed by atoms with Gasteiger partial charge in [-0.15, -0.1) is 0 Å². The molecule has 2 aromatic rings. The smallest absolute Gasteiger partial charge is 0.258 e. The molecule has 2 rings (SSSR count). The SMILES string of the molecule is COc1ccc(C(=O)Nc2nsc(N)n2)cc1OC. The van der Waals surface area contributed by atoms with E-state index in [9.17, 15) is 4.79 Å². The molecule has 0 unspecified atom stereocenters.